The highest BCUT2D eigenvalue weighted by molar-refractivity contribution is 6.05. The van der Waals surface area contributed by atoms with E-state index in [1.807, 2.05) is 65.7 Å². The van der Waals surface area contributed by atoms with Gasteiger partial charge in [-0.2, -0.15) is 5.10 Å². The number of rotatable bonds is 3. The molecule has 4 heteroatoms. The molecule has 0 unspecified atom stereocenters. The van der Waals surface area contributed by atoms with Gasteiger partial charge in [0.1, 0.15) is 5.75 Å². The van der Waals surface area contributed by atoms with E-state index in [4.69, 9.17) is 9.84 Å². The van der Waals surface area contributed by atoms with Crippen LogP contribution >= 0.6 is 0 Å². The van der Waals surface area contributed by atoms with Gasteiger partial charge in [-0.05, 0) is 28.5 Å². The molecule has 2 atom stereocenters. The number of ketones is 1. The van der Waals surface area contributed by atoms with Crippen molar-refractivity contribution in [2.45, 2.75) is 18.7 Å². The molecule has 0 aliphatic carbocycles. The Labute approximate surface area is 180 Å². The van der Waals surface area contributed by atoms with Crippen molar-refractivity contribution in [1.82, 2.24) is 5.01 Å². The highest BCUT2D eigenvalue weighted by Crippen LogP contribution is 2.43. The summed E-state index contributed by atoms with van der Waals surface area (Å²) in [5.41, 5.74) is 3.75. The molecular weight excluding hydrogens is 384 g/mol. The molecule has 2 aliphatic rings. The summed E-state index contributed by atoms with van der Waals surface area (Å²) in [5.74, 6) is 0.677. The summed E-state index contributed by atoms with van der Waals surface area (Å²) >= 11 is 0. The molecule has 0 bridgehead atoms. The largest absolute Gasteiger partial charge is 0.461 e. The van der Waals surface area contributed by atoms with Crippen LogP contribution in [0.25, 0.3) is 10.8 Å². The molecule has 0 radical (unpaired) electrons. The van der Waals surface area contributed by atoms with Crippen molar-refractivity contribution in [2.24, 2.45) is 5.10 Å². The van der Waals surface area contributed by atoms with Crippen LogP contribution in [0.4, 0.5) is 0 Å². The van der Waals surface area contributed by atoms with Crippen molar-refractivity contribution in [3.05, 3.63) is 114 Å². The Morgan fingerprint density at radius 3 is 2.45 bits per heavy atom. The topological polar surface area (TPSA) is 41.9 Å². The normalized spacial score (nSPS) is 19.4. The first-order valence-corrected chi connectivity index (χ1v) is 10.5. The molecule has 2 aliphatic heterocycles. The molecule has 150 valence electrons. The summed E-state index contributed by atoms with van der Waals surface area (Å²) in [6.07, 6.45) is -0.0441. The number of hydrogen-bond donors (Lipinski definition) is 0. The lowest BCUT2D eigenvalue weighted by Gasteiger charge is -2.37. The standard InChI is InChI=1S/C27H20N2O2/c30-26(19-9-2-1-3-10-19)27-29-24(22-12-6-7-13-25(22)31-27)17-23(28-29)21-15-14-18-8-4-5-11-20(18)16-21/h1-16,24,27H,17H2/t24-,27-/m0/s1. The molecule has 0 spiro atoms. The zero-order chi connectivity index (χ0) is 20.8. The average Bonchev–Trinajstić information content (AvgIpc) is 3.29. The Bertz CT molecular complexity index is 1330. The number of carbonyl (C=O) groups excluding carboxylic acids is 1. The molecule has 0 N–H and O–H groups in total. The molecule has 0 amide bonds. The second-order valence-corrected chi connectivity index (χ2v) is 7.95. The van der Waals surface area contributed by atoms with Gasteiger partial charge < -0.3 is 4.74 Å². The molecule has 4 aromatic carbocycles. The van der Waals surface area contributed by atoms with E-state index in [0.29, 0.717) is 5.56 Å². The van der Waals surface area contributed by atoms with Crippen molar-refractivity contribution in [3.63, 3.8) is 0 Å². The monoisotopic (exact) mass is 404 g/mol. The van der Waals surface area contributed by atoms with Crippen molar-refractivity contribution in [2.75, 3.05) is 0 Å². The van der Waals surface area contributed by atoms with Gasteiger partial charge in [-0.1, -0.05) is 84.9 Å². The molecule has 31 heavy (non-hydrogen) atoms. The van der Waals surface area contributed by atoms with E-state index >= 15 is 0 Å². The first kappa shape index (κ1) is 17.9. The van der Waals surface area contributed by atoms with Crippen LogP contribution < -0.4 is 4.74 Å². The van der Waals surface area contributed by atoms with Crippen LogP contribution in [-0.2, 0) is 0 Å². The summed E-state index contributed by atoms with van der Waals surface area (Å²) in [6.45, 7) is 0. The van der Waals surface area contributed by atoms with Gasteiger partial charge in [0.2, 0.25) is 5.78 Å². The number of Topliss-reactive ketones (excluding diaryl/α,β-unsaturated/α-hetero) is 1. The van der Waals surface area contributed by atoms with Crippen molar-refractivity contribution in [3.8, 4) is 5.75 Å². The van der Waals surface area contributed by atoms with Crippen molar-refractivity contribution < 1.29 is 9.53 Å². The average molecular weight is 404 g/mol. The van der Waals surface area contributed by atoms with Gasteiger partial charge in [0.15, 0.2) is 0 Å². The Morgan fingerprint density at radius 1 is 0.839 bits per heavy atom. The molecule has 0 saturated heterocycles. The van der Waals surface area contributed by atoms with E-state index in [1.54, 1.807) is 0 Å². The lowest BCUT2D eigenvalue weighted by atomic mass is 9.95. The Kier molecular flexibility index (Phi) is 4.10. The summed E-state index contributed by atoms with van der Waals surface area (Å²) in [7, 11) is 0. The van der Waals surface area contributed by atoms with Crippen molar-refractivity contribution in [1.29, 1.82) is 0 Å². The van der Waals surface area contributed by atoms with E-state index in [2.05, 4.69) is 36.4 Å². The van der Waals surface area contributed by atoms with E-state index in [1.165, 1.54) is 10.8 Å². The maximum atomic E-state index is 13.3. The molecule has 2 heterocycles. The zero-order valence-corrected chi connectivity index (χ0v) is 16.8. The maximum absolute atomic E-state index is 13.3. The Morgan fingerprint density at radius 2 is 1.58 bits per heavy atom. The molecule has 0 saturated carbocycles. The number of hydrazone groups is 1. The smallest absolute Gasteiger partial charge is 0.251 e. The fraction of sp³-hybridized carbons (Fsp3) is 0.111. The van der Waals surface area contributed by atoms with Crippen LogP contribution in [0.5, 0.6) is 5.75 Å². The SMILES string of the molecule is O=C(c1ccccc1)[C@@H]1Oc2ccccc2[C@@H]2CC(c3ccc4ccccc4c3)=NN12. The van der Waals surface area contributed by atoms with Gasteiger partial charge >= 0.3 is 0 Å². The van der Waals surface area contributed by atoms with Crippen LogP contribution in [0.1, 0.15) is 33.9 Å². The second kappa shape index (κ2) is 7.10. The van der Waals surface area contributed by atoms with Gasteiger partial charge in [0, 0.05) is 17.5 Å². The van der Waals surface area contributed by atoms with Crippen LogP contribution in [0.15, 0.2) is 102 Å². The van der Waals surface area contributed by atoms with Gasteiger partial charge in [0.25, 0.3) is 6.23 Å². The lowest BCUT2D eigenvalue weighted by molar-refractivity contribution is -0.00455. The minimum absolute atomic E-state index is 0.0240. The molecule has 0 fully saturated rings. The van der Waals surface area contributed by atoms with Gasteiger partial charge in [-0.15, -0.1) is 0 Å². The Balaban J connectivity index is 1.43. The third-order valence-electron chi connectivity index (χ3n) is 6.06. The zero-order valence-electron chi connectivity index (χ0n) is 16.8. The highest BCUT2D eigenvalue weighted by atomic mass is 16.5. The number of benzene rings is 4. The number of fused-ring (bicyclic) bond motifs is 4. The number of carbonyl (C=O) groups is 1. The van der Waals surface area contributed by atoms with Gasteiger partial charge in [-0.3, -0.25) is 4.79 Å². The summed E-state index contributed by atoms with van der Waals surface area (Å²) < 4.78 is 6.19. The number of ether oxygens (including phenoxy) is 1. The Hall–Kier alpha value is -3.92. The van der Waals surface area contributed by atoms with Crippen LogP contribution in [-0.4, -0.2) is 22.7 Å². The highest BCUT2D eigenvalue weighted by Gasteiger charge is 2.43. The molecule has 4 nitrogen and oxygen atoms in total. The predicted octanol–water partition coefficient (Wildman–Crippen LogP) is 5.59. The van der Waals surface area contributed by atoms with Gasteiger partial charge in [0.05, 0.1) is 11.8 Å². The first-order chi connectivity index (χ1) is 15.3. The summed E-state index contributed by atoms with van der Waals surface area (Å²) in [6, 6.07) is 31.9. The van der Waals surface area contributed by atoms with E-state index in [0.717, 1.165) is 29.0 Å². The summed E-state index contributed by atoms with van der Waals surface area (Å²) in [4.78, 5) is 13.3. The maximum Gasteiger partial charge on any atom is 0.251 e. The number of para-hydroxylation sites is 1. The second-order valence-electron chi connectivity index (χ2n) is 7.95. The number of hydrogen-bond acceptors (Lipinski definition) is 4. The van der Waals surface area contributed by atoms with Crippen LogP contribution in [0.2, 0.25) is 0 Å². The van der Waals surface area contributed by atoms with E-state index in [9.17, 15) is 4.79 Å². The van der Waals surface area contributed by atoms with Gasteiger partial charge in [-0.25, -0.2) is 5.01 Å². The third kappa shape index (κ3) is 2.99. The lowest BCUT2D eigenvalue weighted by Crippen LogP contribution is -2.45. The number of nitrogens with zero attached hydrogens (tertiary/aromatic N) is 2. The predicted molar refractivity (Wildman–Crippen MR) is 121 cm³/mol. The molecule has 4 aromatic rings. The molecule has 6 rings (SSSR count). The minimum atomic E-state index is -0.778. The van der Waals surface area contributed by atoms with E-state index in [-0.39, 0.29) is 11.8 Å². The van der Waals surface area contributed by atoms with Crippen molar-refractivity contribution >= 4 is 22.3 Å². The van der Waals surface area contributed by atoms with Crippen LogP contribution in [0.3, 0.4) is 0 Å². The van der Waals surface area contributed by atoms with Crippen LogP contribution in [0, 0.1) is 0 Å². The first-order valence-electron chi connectivity index (χ1n) is 10.5. The quantitative estimate of drug-likeness (QED) is 0.418. The molecular formula is C27H20N2O2. The van der Waals surface area contributed by atoms with E-state index < -0.39 is 6.23 Å². The summed E-state index contributed by atoms with van der Waals surface area (Å²) in [5, 5.41) is 9.15. The molecule has 0 aromatic heterocycles. The fourth-order valence-corrected chi connectivity index (χ4v) is 4.50. The fourth-order valence-electron chi connectivity index (χ4n) is 4.50. The minimum Gasteiger partial charge on any atom is -0.461 e. The third-order valence-corrected chi connectivity index (χ3v) is 6.06.